The van der Waals surface area contributed by atoms with E-state index in [0.717, 1.165) is 5.56 Å². The second kappa shape index (κ2) is 5.95. The predicted molar refractivity (Wildman–Crippen MR) is 94.2 cm³/mol. The Kier molecular flexibility index (Phi) is 4.10. The lowest BCUT2D eigenvalue weighted by molar-refractivity contribution is 0.0620. The molecule has 3 rings (SSSR count). The summed E-state index contributed by atoms with van der Waals surface area (Å²) in [5, 5.41) is 3.42. The number of rotatable bonds is 2. The minimum atomic E-state index is -0.522. The molecular formula is C19H18ClNO3. The molecule has 0 saturated carbocycles. The van der Waals surface area contributed by atoms with E-state index in [0.29, 0.717) is 34.0 Å². The van der Waals surface area contributed by atoms with Crippen LogP contribution in [0.5, 0.6) is 5.75 Å². The van der Waals surface area contributed by atoms with Crippen molar-refractivity contribution in [2.45, 2.75) is 32.8 Å². The molecule has 0 radical (unpaired) electrons. The third-order valence-electron chi connectivity index (χ3n) is 4.03. The Morgan fingerprint density at radius 2 is 2.00 bits per heavy atom. The first-order chi connectivity index (χ1) is 11.3. The fourth-order valence-electron chi connectivity index (χ4n) is 2.73. The van der Waals surface area contributed by atoms with Crippen molar-refractivity contribution in [2.75, 3.05) is 5.32 Å². The topological polar surface area (TPSA) is 55.4 Å². The van der Waals surface area contributed by atoms with Crippen LogP contribution in [0.3, 0.4) is 0 Å². The van der Waals surface area contributed by atoms with Gasteiger partial charge in [-0.1, -0.05) is 17.7 Å². The summed E-state index contributed by atoms with van der Waals surface area (Å²) in [6, 6.07) is 10.2. The molecule has 5 heteroatoms. The standard InChI is InChI=1S/C19H18ClNO3/c1-11-14(20)5-4-6-15(11)21-18(23)12-7-8-17-13(9-12)16(22)10-19(2,3)24-17/h4-9H,10H2,1-3H3,(H,21,23). The van der Waals surface area contributed by atoms with E-state index in [2.05, 4.69) is 5.32 Å². The van der Waals surface area contributed by atoms with Crippen LogP contribution < -0.4 is 10.1 Å². The fraction of sp³-hybridized carbons (Fsp3) is 0.263. The number of ether oxygens (including phenoxy) is 1. The van der Waals surface area contributed by atoms with Crippen LogP contribution in [0, 0.1) is 6.92 Å². The molecule has 1 aliphatic rings. The molecular weight excluding hydrogens is 326 g/mol. The lowest BCUT2D eigenvalue weighted by Gasteiger charge is -2.31. The molecule has 1 amide bonds. The number of ketones is 1. The minimum Gasteiger partial charge on any atom is -0.487 e. The lowest BCUT2D eigenvalue weighted by Crippen LogP contribution is -2.36. The summed E-state index contributed by atoms with van der Waals surface area (Å²) in [4.78, 5) is 24.8. The van der Waals surface area contributed by atoms with Gasteiger partial charge >= 0.3 is 0 Å². The van der Waals surface area contributed by atoms with Crippen molar-refractivity contribution in [1.82, 2.24) is 0 Å². The van der Waals surface area contributed by atoms with E-state index < -0.39 is 5.60 Å². The third kappa shape index (κ3) is 3.15. The highest BCUT2D eigenvalue weighted by Crippen LogP contribution is 2.33. The van der Waals surface area contributed by atoms with Crippen LogP contribution >= 0.6 is 11.6 Å². The van der Waals surface area contributed by atoms with E-state index >= 15 is 0 Å². The molecule has 0 atom stereocenters. The summed E-state index contributed by atoms with van der Waals surface area (Å²) >= 11 is 6.07. The summed E-state index contributed by atoms with van der Waals surface area (Å²) in [6.45, 7) is 5.58. The number of hydrogen-bond acceptors (Lipinski definition) is 3. The Labute approximate surface area is 145 Å². The van der Waals surface area contributed by atoms with Gasteiger partial charge in [-0.05, 0) is 56.7 Å². The third-order valence-corrected chi connectivity index (χ3v) is 4.44. The van der Waals surface area contributed by atoms with Crippen LogP contribution in [0.15, 0.2) is 36.4 Å². The number of anilines is 1. The largest absolute Gasteiger partial charge is 0.487 e. The van der Waals surface area contributed by atoms with Gasteiger partial charge in [-0.3, -0.25) is 9.59 Å². The number of halogens is 1. The summed E-state index contributed by atoms with van der Waals surface area (Å²) in [5.41, 5.74) is 1.78. The van der Waals surface area contributed by atoms with E-state index in [1.165, 1.54) is 0 Å². The molecule has 0 fully saturated rings. The van der Waals surface area contributed by atoms with Gasteiger partial charge in [-0.2, -0.15) is 0 Å². The summed E-state index contributed by atoms with van der Waals surface area (Å²) in [5.74, 6) is 0.211. The van der Waals surface area contributed by atoms with E-state index in [1.54, 1.807) is 36.4 Å². The van der Waals surface area contributed by atoms with Gasteiger partial charge in [0.2, 0.25) is 0 Å². The van der Waals surface area contributed by atoms with Crippen molar-refractivity contribution in [2.24, 2.45) is 0 Å². The maximum Gasteiger partial charge on any atom is 0.255 e. The van der Waals surface area contributed by atoms with Crippen molar-refractivity contribution >= 4 is 29.0 Å². The Morgan fingerprint density at radius 1 is 1.25 bits per heavy atom. The smallest absolute Gasteiger partial charge is 0.255 e. The Morgan fingerprint density at radius 3 is 2.75 bits per heavy atom. The number of amides is 1. The molecule has 0 unspecified atom stereocenters. The van der Waals surface area contributed by atoms with E-state index in [9.17, 15) is 9.59 Å². The summed E-state index contributed by atoms with van der Waals surface area (Å²) in [6.07, 6.45) is 0.290. The van der Waals surface area contributed by atoms with E-state index in [4.69, 9.17) is 16.3 Å². The predicted octanol–water partition coefficient (Wildman–Crippen LogP) is 4.64. The van der Waals surface area contributed by atoms with Gasteiger partial charge in [0.05, 0.1) is 12.0 Å². The second-order valence-electron chi connectivity index (χ2n) is 6.54. The normalized spacial score (nSPS) is 15.4. The van der Waals surface area contributed by atoms with Crippen LogP contribution in [0.25, 0.3) is 0 Å². The van der Waals surface area contributed by atoms with Crippen molar-refractivity contribution in [3.8, 4) is 5.75 Å². The molecule has 0 bridgehead atoms. The molecule has 0 spiro atoms. The van der Waals surface area contributed by atoms with E-state index in [-0.39, 0.29) is 11.7 Å². The first kappa shape index (κ1) is 16.5. The Hall–Kier alpha value is -2.33. The molecule has 0 aromatic heterocycles. The van der Waals surface area contributed by atoms with Gasteiger partial charge in [0, 0.05) is 16.3 Å². The lowest BCUT2D eigenvalue weighted by atomic mass is 9.92. The van der Waals surface area contributed by atoms with Gasteiger partial charge in [0.25, 0.3) is 5.91 Å². The molecule has 0 saturated heterocycles. The van der Waals surface area contributed by atoms with Crippen LogP contribution in [-0.4, -0.2) is 17.3 Å². The number of carbonyl (C=O) groups excluding carboxylic acids is 2. The fourth-order valence-corrected chi connectivity index (χ4v) is 2.91. The molecule has 1 N–H and O–H groups in total. The molecule has 2 aromatic rings. The number of benzene rings is 2. The molecule has 1 heterocycles. The Balaban J connectivity index is 1.88. The average molecular weight is 344 g/mol. The first-order valence-electron chi connectivity index (χ1n) is 7.69. The highest BCUT2D eigenvalue weighted by molar-refractivity contribution is 6.31. The highest BCUT2D eigenvalue weighted by atomic mass is 35.5. The van der Waals surface area contributed by atoms with Crippen LogP contribution in [0.4, 0.5) is 5.69 Å². The average Bonchev–Trinajstić information content (AvgIpc) is 2.50. The zero-order valence-corrected chi connectivity index (χ0v) is 14.5. The maximum atomic E-state index is 12.5. The van der Waals surface area contributed by atoms with Crippen molar-refractivity contribution in [1.29, 1.82) is 0 Å². The highest BCUT2D eigenvalue weighted by Gasteiger charge is 2.32. The van der Waals surface area contributed by atoms with Gasteiger partial charge in [0.1, 0.15) is 11.4 Å². The van der Waals surface area contributed by atoms with Gasteiger partial charge in [-0.15, -0.1) is 0 Å². The van der Waals surface area contributed by atoms with Gasteiger partial charge in [0.15, 0.2) is 5.78 Å². The van der Waals surface area contributed by atoms with Crippen molar-refractivity contribution < 1.29 is 14.3 Å². The first-order valence-corrected chi connectivity index (χ1v) is 8.07. The number of hydrogen-bond donors (Lipinski definition) is 1. The van der Waals surface area contributed by atoms with Crippen LogP contribution in [0.1, 0.15) is 46.5 Å². The van der Waals surface area contributed by atoms with E-state index in [1.807, 2.05) is 20.8 Å². The van der Waals surface area contributed by atoms with Gasteiger partial charge in [-0.25, -0.2) is 0 Å². The molecule has 1 aliphatic heterocycles. The molecule has 124 valence electrons. The zero-order valence-electron chi connectivity index (χ0n) is 13.8. The monoisotopic (exact) mass is 343 g/mol. The number of fused-ring (bicyclic) bond motifs is 1. The van der Waals surface area contributed by atoms with Crippen LogP contribution in [-0.2, 0) is 0 Å². The SMILES string of the molecule is Cc1c(Cl)cccc1NC(=O)c1ccc2c(c1)C(=O)CC(C)(C)O2. The van der Waals surface area contributed by atoms with Crippen molar-refractivity contribution in [3.63, 3.8) is 0 Å². The van der Waals surface area contributed by atoms with Crippen LogP contribution in [0.2, 0.25) is 5.02 Å². The number of nitrogens with one attached hydrogen (secondary N) is 1. The second-order valence-corrected chi connectivity index (χ2v) is 6.95. The zero-order chi connectivity index (χ0) is 17.5. The molecule has 24 heavy (non-hydrogen) atoms. The molecule has 0 aliphatic carbocycles. The summed E-state index contributed by atoms with van der Waals surface area (Å²) in [7, 11) is 0. The quantitative estimate of drug-likeness (QED) is 0.863. The molecule has 4 nitrogen and oxygen atoms in total. The summed E-state index contributed by atoms with van der Waals surface area (Å²) < 4.78 is 5.81. The van der Waals surface area contributed by atoms with Crippen molar-refractivity contribution in [3.05, 3.63) is 58.1 Å². The molecule has 2 aromatic carbocycles. The number of Topliss-reactive ketones (excluding diaryl/α,β-unsaturated/α-hetero) is 1. The minimum absolute atomic E-state index is 0.0187. The number of carbonyl (C=O) groups is 2. The van der Waals surface area contributed by atoms with Gasteiger partial charge < -0.3 is 10.1 Å². The Bertz CT molecular complexity index is 843. The maximum absolute atomic E-state index is 12.5.